The SMILES string of the molecule is O=C(O)c1cc(C(O)[C@H](O)[C@@H](O)[C@@H](O)[C@H](O)CO)c2ccccc2c1. The van der Waals surface area contributed by atoms with E-state index in [4.69, 9.17) is 5.11 Å². The Morgan fingerprint density at radius 1 is 0.920 bits per heavy atom. The molecule has 5 atom stereocenters. The van der Waals surface area contributed by atoms with E-state index >= 15 is 0 Å². The van der Waals surface area contributed by atoms with Crippen molar-refractivity contribution >= 4 is 16.7 Å². The maximum atomic E-state index is 11.3. The number of fused-ring (bicyclic) bond motifs is 1. The van der Waals surface area contributed by atoms with Crippen molar-refractivity contribution in [1.82, 2.24) is 0 Å². The van der Waals surface area contributed by atoms with Crippen LogP contribution in [0, 0.1) is 0 Å². The van der Waals surface area contributed by atoms with Gasteiger partial charge in [-0.1, -0.05) is 24.3 Å². The first-order chi connectivity index (χ1) is 11.8. The average Bonchev–Trinajstić information content (AvgIpc) is 2.63. The van der Waals surface area contributed by atoms with E-state index in [9.17, 15) is 35.4 Å². The van der Waals surface area contributed by atoms with Crippen LogP contribution in [-0.4, -0.2) is 72.7 Å². The molecule has 2 rings (SSSR count). The van der Waals surface area contributed by atoms with Crippen LogP contribution >= 0.6 is 0 Å². The van der Waals surface area contributed by atoms with Gasteiger partial charge >= 0.3 is 5.97 Å². The third-order valence-corrected chi connectivity index (χ3v) is 4.06. The molecule has 0 aliphatic carbocycles. The first-order valence-corrected chi connectivity index (χ1v) is 7.55. The standard InChI is InChI=1S/C17H20O8/c18-7-12(19)14(21)16(23)15(22)13(20)11-6-9(17(24)25)5-8-3-1-2-4-10(8)11/h1-6,12-16,18-23H,7H2,(H,24,25)/t12-,13?,14+,15+,16+/m1/s1. The van der Waals surface area contributed by atoms with Crippen LogP contribution in [0.15, 0.2) is 36.4 Å². The van der Waals surface area contributed by atoms with Gasteiger partial charge in [0.2, 0.25) is 0 Å². The van der Waals surface area contributed by atoms with Crippen LogP contribution in [-0.2, 0) is 0 Å². The number of carboxylic acids is 1. The average molecular weight is 352 g/mol. The molecular weight excluding hydrogens is 332 g/mol. The van der Waals surface area contributed by atoms with Gasteiger partial charge in [0.25, 0.3) is 0 Å². The predicted molar refractivity (Wildman–Crippen MR) is 87.0 cm³/mol. The Labute approximate surface area is 142 Å². The van der Waals surface area contributed by atoms with Gasteiger partial charge in [0.1, 0.15) is 30.5 Å². The van der Waals surface area contributed by atoms with Gasteiger partial charge in [0.15, 0.2) is 0 Å². The summed E-state index contributed by atoms with van der Waals surface area (Å²) in [5.41, 5.74) is -0.0712. The molecule has 0 aliphatic rings. The van der Waals surface area contributed by atoms with Crippen molar-refractivity contribution in [1.29, 1.82) is 0 Å². The lowest BCUT2D eigenvalue weighted by atomic mass is 9.91. The van der Waals surface area contributed by atoms with Crippen molar-refractivity contribution in [2.75, 3.05) is 6.61 Å². The largest absolute Gasteiger partial charge is 0.478 e. The number of benzene rings is 2. The van der Waals surface area contributed by atoms with Crippen molar-refractivity contribution in [3.63, 3.8) is 0 Å². The second-order valence-electron chi connectivity index (χ2n) is 5.76. The van der Waals surface area contributed by atoms with Crippen molar-refractivity contribution in [2.24, 2.45) is 0 Å². The maximum Gasteiger partial charge on any atom is 0.335 e. The topological polar surface area (TPSA) is 159 Å². The highest BCUT2D eigenvalue weighted by atomic mass is 16.4. The fourth-order valence-electron chi connectivity index (χ4n) is 2.62. The molecule has 8 heteroatoms. The maximum absolute atomic E-state index is 11.3. The van der Waals surface area contributed by atoms with Crippen LogP contribution in [0.5, 0.6) is 0 Å². The van der Waals surface area contributed by atoms with Gasteiger partial charge in [-0.3, -0.25) is 0 Å². The zero-order valence-electron chi connectivity index (χ0n) is 13.1. The summed E-state index contributed by atoms with van der Waals surface area (Å²) in [6.45, 7) is -0.849. The molecule has 0 fully saturated rings. The number of aliphatic hydroxyl groups is 6. The fraction of sp³-hybridized carbons (Fsp3) is 0.353. The van der Waals surface area contributed by atoms with E-state index in [0.717, 1.165) is 0 Å². The third kappa shape index (κ3) is 3.96. The van der Waals surface area contributed by atoms with Crippen molar-refractivity contribution in [3.05, 3.63) is 47.5 Å². The molecule has 0 spiro atoms. The molecule has 0 amide bonds. The van der Waals surface area contributed by atoms with Gasteiger partial charge in [0, 0.05) is 0 Å². The Kier molecular flexibility index (Phi) is 6.07. The number of carbonyl (C=O) groups is 1. The molecule has 0 aromatic heterocycles. The Hall–Kier alpha value is -2.07. The number of hydrogen-bond donors (Lipinski definition) is 7. The Bertz CT molecular complexity index is 747. The van der Waals surface area contributed by atoms with E-state index in [1.165, 1.54) is 12.1 Å². The van der Waals surface area contributed by atoms with Gasteiger partial charge in [-0.15, -0.1) is 0 Å². The summed E-state index contributed by atoms with van der Waals surface area (Å²) in [6.07, 6.45) is -9.24. The lowest BCUT2D eigenvalue weighted by molar-refractivity contribution is -0.141. The van der Waals surface area contributed by atoms with Crippen LogP contribution in [0.1, 0.15) is 22.0 Å². The lowest BCUT2D eigenvalue weighted by Crippen LogP contribution is -2.47. The normalized spacial score (nSPS) is 17.7. The van der Waals surface area contributed by atoms with Crippen molar-refractivity contribution in [2.45, 2.75) is 30.5 Å². The molecule has 0 saturated heterocycles. The summed E-state index contributed by atoms with van der Waals surface area (Å²) in [5.74, 6) is -1.23. The molecule has 0 aliphatic heterocycles. The third-order valence-electron chi connectivity index (χ3n) is 4.06. The molecule has 136 valence electrons. The quantitative estimate of drug-likeness (QED) is 0.334. The second-order valence-corrected chi connectivity index (χ2v) is 5.76. The minimum Gasteiger partial charge on any atom is -0.478 e. The Morgan fingerprint density at radius 3 is 2.16 bits per heavy atom. The highest BCUT2D eigenvalue weighted by molar-refractivity contribution is 5.96. The summed E-state index contributed by atoms with van der Waals surface area (Å²) in [7, 11) is 0. The van der Waals surface area contributed by atoms with E-state index in [2.05, 4.69) is 0 Å². The first-order valence-electron chi connectivity index (χ1n) is 7.55. The monoisotopic (exact) mass is 352 g/mol. The molecule has 25 heavy (non-hydrogen) atoms. The zero-order chi connectivity index (χ0) is 18.7. The molecule has 0 heterocycles. The number of hydrogen-bond acceptors (Lipinski definition) is 7. The summed E-state index contributed by atoms with van der Waals surface area (Å²) < 4.78 is 0. The summed E-state index contributed by atoms with van der Waals surface area (Å²) in [5, 5.41) is 68.5. The Morgan fingerprint density at radius 2 is 1.56 bits per heavy atom. The van der Waals surface area contributed by atoms with Crippen molar-refractivity contribution < 1.29 is 40.5 Å². The molecule has 8 nitrogen and oxygen atoms in total. The van der Waals surface area contributed by atoms with Gasteiger partial charge in [-0.2, -0.15) is 0 Å². The number of aliphatic hydroxyl groups excluding tert-OH is 6. The molecule has 1 unspecified atom stereocenters. The first kappa shape index (κ1) is 19.3. The Balaban J connectivity index is 2.44. The summed E-state index contributed by atoms with van der Waals surface area (Å²) in [6, 6.07) is 9.15. The van der Waals surface area contributed by atoms with E-state index in [-0.39, 0.29) is 11.1 Å². The van der Waals surface area contributed by atoms with Gasteiger partial charge in [-0.25, -0.2) is 4.79 Å². The van der Waals surface area contributed by atoms with Crippen LogP contribution in [0.25, 0.3) is 10.8 Å². The smallest absolute Gasteiger partial charge is 0.335 e. The lowest BCUT2D eigenvalue weighted by Gasteiger charge is -2.29. The number of carboxylic acid groups (broad SMARTS) is 1. The predicted octanol–water partition coefficient (Wildman–Crippen LogP) is -0.993. The van der Waals surface area contributed by atoms with E-state index in [0.29, 0.717) is 10.8 Å². The van der Waals surface area contributed by atoms with Crippen LogP contribution in [0.2, 0.25) is 0 Å². The van der Waals surface area contributed by atoms with E-state index in [1.54, 1.807) is 24.3 Å². The molecule has 0 radical (unpaired) electrons. The van der Waals surface area contributed by atoms with Crippen molar-refractivity contribution in [3.8, 4) is 0 Å². The highest BCUT2D eigenvalue weighted by Gasteiger charge is 2.35. The molecule has 2 aromatic carbocycles. The number of aromatic carboxylic acids is 1. The minimum absolute atomic E-state index is 0.0488. The molecule has 7 N–H and O–H groups in total. The van der Waals surface area contributed by atoms with Gasteiger partial charge < -0.3 is 35.7 Å². The molecule has 0 saturated carbocycles. The highest BCUT2D eigenvalue weighted by Crippen LogP contribution is 2.30. The van der Waals surface area contributed by atoms with E-state index < -0.39 is 43.1 Å². The van der Waals surface area contributed by atoms with Gasteiger partial charge in [0.05, 0.1) is 12.2 Å². The number of rotatable bonds is 7. The van der Waals surface area contributed by atoms with Crippen LogP contribution in [0.4, 0.5) is 0 Å². The summed E-state index contributed by atoms with van der Waals surface area (Å²) in [4.78, 5) is 11.3. The van der Waals surface area contributed by atoms with Crippen LogP contribution in [0.3, 0.4) is 0 Å². The van der Waals surface area contributed by atoms with E-state index in [1.807, 2.05) is 0 Å². The zero-order valence-corrected chi connectivity index (χ0v) is 13.1. The van der Waals surface area contributed by atoms with Crippen LogP contribution < -0.4 is 0 Å². The fourth-order valence-corrected chi connectivity index (χ4v) is 2.62. The minimum atomic E-state index is -1.97. The summed E-state index contributed by atoms with van der Waals surface area (Å²) >= 11 is 0. The van der Waals surface area contributed by atoms with Gasteiger partial charge in [-0.05, 0) is 28.5 Å². The second kappa shape index (κ2) is 7.87. The molecule has 0 bridgehead atoms. The molecule has 2 aromatic rings. The molecular formula is C17H20O8.